The van der Waals surface area contributed by atoms with E-state index in [1.807, 2.05) is 42.7 Å². The molecule has 2 aromatic rings. The molecule has 2 amide bonds. The zero-order chi connectivity index (χ0) is 21.3. The van der Waals surface area contributed by atoms with Crippen molar-refractivity contribution in [3.05, 3.63) is 48.5 Å². The summed E-state index contributed by atoms with van der Waals surface area (Å²) in [7, 11) is 1.69. The number of ether oxygens (including phenoxy) is 1. The minimum Gasteiger partial charge on any atom is -0.495 e. The number of carbonyl (C=O) groups is 2. The topological polar surface area (TPSA) is 73.9 Å². The van der Waals surface area contributed by atoms with E-state index >= 15 is 0 Å². The molecule has 0 aromatic heterocycles. The molecule has 7 nitrogen and oxygen atoms in total. The lowest BCUT2D eigenvalue weighted by atomic mass is 10.2. The monoisotopic (exact) mass is 428 g/mol. The number of anilines is 2. The molecule has 1 saturated heterocycles. The Bertz CT molecular complexity index is 869. The fraction of sp³-hybridized carbons (Fsp3) is 0.364. The molecular formula is C22H28N4O3S. The predicted molar refractivity (Wildman–Crippen MR) is 122 cm³/mol. The number of carbonyl (C=O) groups excluding carboxylic acids is 2. The highest BCUT2D eigenvalue weighted by molar-refractivity contribution is 7.98. The summed E-state index contributed by atoms with van der Waals surface area (Å²) < 4.78 is 5.45. The van der Waals surface area contributed by atoms with E-state index < -0.39 is 11.8 Å². The van der Waals surface area contributed by atoms with Crippen LogP contribution in [0.15, 0.2) is 53.4 Å². The van der Waals surface area contributed by atoms with Crippen LogP contribution in [-0.2, 0) is 9.59 Å². The molecule has 1 heterocycles. The molecule has 3 rings (SSSR count). The average Bonchev–Trinajstić information content (AvgIpc) is 2.79. The van der Waals surface area contributed by atoms with Crippen LogP contribution >= 0.6 is 11.8 Å². The normalized spacial score (nSPS) is 14.3. The Labute approximate surface area is 181 Å². The minimum atomic E-state index is -0.644. The van der Waals surface area contributed by atoms with Gasteiger partial charge in [-0.15, -0.1) is 11.8 Å². The molecule has 0 aliphatic carbocycles. The molecule has 1 aliphatic heterocycles. The fourth-order valence-corrected chi connectivity index (χ4v) is 3.86. The maximum Gasteiger partial charge on any atom is 0.313 e. The maximum atomic E-state index is 12.1. The summed E-state index contributed by atoms with van der Waals surface area (Å²) in [6.45, 7) is 4.71. The first kappa shape index (κ1) is 22.0. The third kappa shape index (κ3) is 5.90. The third-order valence-corrected chi connectivity index (χ3v) is 5.77. The number of piperazine rings is 1. The number of methoxy groups -OCH3 is 1. The summed E-state index contributed by atoms with van der Waals surface area (Å²) in [6.07, 6.45) is 1.96. The van der Waals surface area contributed by atoms with Gasteiger partial charge in [0, 0.05) is 49.9 Å². The molecule has 8 heteroatoms. The lowest BCUT2D eigenvalue weighted by Gasteiger charge is -2.36. The molecule has 160 valence electrons. The first-order valence-electron chi connectivity index (χ1n) is 9.94. The molecule has 30 heavy (non-hydrogen) atoms. The molecule has 2 aromatic carbocycles. The minimum absolute atomic E-state index is 0.436. The van der Waals surface area contributed by atoms with E-state index in [9.17, 15) is 9.59 Å². The Morgan fingerprint density at radius 2 is 1.80 bits per heavy atom. The second-order valence-corrected chi connectivity index (χ2v) is 7.82. The van der Waals surface area contributed by atoms with Crippen molar-refractivity contribution in [2.24, 2.45) is 0 Å². The Balaban J connectivity index is 1.39. The summed E-state index contributed by atoms with van der Waals surface area (Å²) in [4.78, 5) is 29.8. The Hall–Kier alpha value is -2.71. The Morgan fingerprint density at radius 3 is 2.53 bits per heavy atom. The van der Waals surface area contributed by atoms with E-state index in [1.165, 1.54) is 0 Å². The first-order chi connectivity index (χ1) is 14.6. The zero-order valence-electron chi connectivity index (χ0n) is 17.4. The van der Waals surface area contributed by atoms with Crippen molar-refractivity contribution in [3.8, 4) is 5.75 Å². The lowest BCUT2D eigenvalue weighted by molar-refractivity contribution is -0.136. The predicted octanol–water partition coefficient (Wildman–Crippen LogP) is 2.29. The molecule has 1 aliphatic rings. The number of thioether (sulfide) groups is 1. The van der Waals surface area contributed by atoms with Crippen LogP contribution in [0.4, 0.5) is 11.4 Å². The van der Waals surface area contributed by atoms with Gasteiger partial charge in [-0.1, -0.05) is 18.2 Å². The van der Waals surface area contributed by atoms with Gasteiger partial charge in [0.15, 0.2) is 0 Å². The number of benzene rings is 2. The molecule has 0 atom stereocenters. The van der Waals surface area contributed by atoms with Crippen molar-refractivity contribution in [2.45, 2.75) is 4.90 Å². The van der Waals surface area contributed by atoms with Crippen LogP contribution < -0.4 is 20.3 Å². The highest BCUT2D eigenvalue weighted by atomic mass is 32.2. The molecule has 2 N–H and O–H groups in total. The van der Waals surface area contributed by atoms with Crippen molar-refractivity contribution in [2.75, 3.05) is 62.9 Å². The molecule has 0 saturated carbocycles. The van der Waals surface area contributed by atoms with Crippen LogP contribution in [0.2, 0.25) is 0 Å². The van der Waals surface area contributed by atoms with E-state index in [0.717, 1.165) is 42.5 Å². The van der Waals surface area contributed by atoms with Crippen molar-refractivity contribution in [3.63, 3.8) is 0 Å². The van der Waals surface area contributed by atoms with Gasteiger partial charge in [0.1, 0.15) is 5.75 Å². The highest BCUT2D eigenvalue weighted by Gasteiger charge is 2.20. The number of nitrogens with zero attached hydrogens (tertiary/aromatic N) is 2. The van der Waals surface area contributed by atoms with Gasteiger partial charge < -0.3 is 20.3 Å². The van der Waals surface area contributed by atoms with Gasteiger partial charge in [0.05, 0.1) is 12.8 Å². The number of hydrogen-bond donors (Lipinski definition) is 2. The Kier molecular flexibility index (Phi) is 7.98. The molecular weight excluding hydrogens is 400 g/mol. The van der Waals surface area contributed by atoms with Gasteiger partial charge in [-0.3, -0.25) is 14.5 Å². The summed E-state index contributed by atoms with van der Waals surface area (Å²) in [5.74, 6) is -0.376. The molecule has 1 fully saturated rings. The van der Waals surface area contributed by atoms with E-state index in [1.54, 1.807) is 24.9 Å². The smallest absolute Gasteiger partial charge is 0.313 e. The van der Waals surface area contributed by atoms with Crippen LogP contribution in [0.5, 0.6) is 5.75 Å². The van der Waals surface area contributed by atoms with E-state index in [-0.39, 0.29) is 0 Å². The van der Waals surface area contributed by atoms with Crippen LogP contribution in [0, 0.1) is 0 Å². The maximum absolute atomic E-state index is 12.1. The van der Waals surface area contributed by atoms with Crippen LogP contribution in [-0.4, -0.2) is 69.3 Å². The highest BCUT2D eigenvalue weighted by Crippen LogP contribution is 2.28. The summed E-state index contributed by atoms with van der Waals surface area (Å²) in [6, 6.07) is 15.4. The second kappa shape index (κ2) is 10.9. The summed E-state index contributed by atoms with van der Waals surface area (Å²) in [5, 5.41) is 5.35. The van der Waals surface area contributed by atoms with Crippen molar-refractivity contribution >= 4 is 35.0 Å². The average molecular weight is 429 g/mol. The fourth-order valence-electron chi connectivity index (χ4n) is 3.40. The second-order valence-electron chi connectivity index (χ2n) is 6.94. The van der Waals surface area contributed by atoms with Crippen molar-refractivity contribution in [1.82, 2.24) is 10.2 Å². The lowest BCUT2D eigenvalue weighted by Crippen LogP contribution is -2.49. The number of nitrogens with one attached hydrogen (secondary N) is 2. The standard InChI is InChI=1S/C22H28N4O3S/c1-29-20-9-4-3-8-19(20)26-14-12-25(13-15-26)11-10-23-21(27)22(28)24-17-6-5-7-18(16-17)30-2/h3-9,16H,10-15H2,1-2H3,(H,23,27)(H,24,28). The van der Waals surface area contributed by atoms with Gasteiger partial charge in [-0.25, -0.2) is 0 Å². The number of amides is 2. The molecule has 0 radical (unpaired) electrons. The third-order valence-electron chi connectivity index (χ3n) is 5.05. The number of rotatable bonds is 7. The zero-order valence-corrected chi connectivity index (χ0v) is 18.2. The van der Waals surface area contributed by atoms with Crippen LogP contribution in [0.1, 0.15) is 0 Å². The van der Waals surface area contributed by atoms with Crippen LogP contribution in [0.3, 0.4) is 0 Å². The van der Waals surface area contributed by atoms with Gasteiger partial charge in [-0.05, 0) is 36.6 Å². The van der Waals surface area contributed by atoms with Crippen molar-refractivity contribution < 1.29 is 14.3 Å². The van der Waals surface area contributed by atoms with E-state index in [0.29, 0.717) is 18.8 Å². The quantitative estimate of drug-likeness (QED) is 0.521. The SMILES string of the molecule is COc1ccccc1N1CCN(CCNC(=O)C(=O)Nc2cccc(SC)c2)CC1. The number of hydrogen-bond acceptors (Lipinski definition) is 6. The summed E-state index contributed by atoms with van der Waals surface area (Å²) in [5.41, 5.74) is 1.73. The van der Waals surface area contributed by atoms with Gasteiger partial charge in [0.25, 0.3) is 0 Å². The first-order valence-corrected chi connectivity index (χ1v) is 11.2. The molecule has 0 unspecified atom stereocenters. The van der Waals surface area contributed by atoms with Gasteiger partial charge in [0.2, 0.25) is 0 Å². The van der Waals surface area contributed by atoms with Crippen molar-refractivity contribution in [1.29, 1.82) is 0 Å². The van der Waals surface area contributed by atoms with Crippen LogP contribution in [0.25, 0.3) is 0 Å². The van der Waals surface area contributed by atoms with Gasteiger partial charge in [-0.2, -0.15) is 0 Å². The Morgan fingerprint density at radius 1 is 1.03 bits per heavy atom. The number of para-hydroxylation sites is 2. The molecule has 0 bridgehead atoms. The van der Waals surface area contributed by atoms with E-state index in [4.69, 9.17) is 4.74 Å². The van der Waals surface area contributed by atoms with E-state index in [2.05, 4.69) is 26.5 Å². The van der Waals surface area contributed by atoms with Gasteiger partial charge >= 0.3 is 11.8 Å². The summed E-state index contributed by atoms with van der Waals surface area (Å²) >= 11 is 1.58. The largest absolute Gasteiger partial charge is 0.495 e. The molecule has 0 spiro atoms.